The molecule has 5 nitrogen and oxygen atoms in total. The molecule has 23 heavy (non-hydrogen) atoms. The minimum atomic E-state index is -0.273. The van der Waals surface area contributed by atoms with Crippen LogP contribution in [0.4, 0.5) is 4.39 Å². The minimum Gasteiger partial charge on any atom is -0.423 e. The Kier molecular flexibility index (Phi) is 4.42. The minimum absolute atomic E-state index is 0.182. The third kappa shape index (κ3) is 3.79. The van der Waals surface area contributed by atoms with E-state index in [1.807, 2.05) is 6.07 Å². The lowest BCUT2D eigenvalue weighted by atomic mass is 10.1. The van der Waals surface area contributed by atoms with Gasteiger partial charge in [0.05, 0.1) is 0 Å². The van der Waals surface area contributed by atoms with E-state index < -0.39 is 0 Å². The molecular weight excluding hydrogens is 297 g/mol. The van der Waals surface area contributed by atoms with Crippen molar-refractivity contribution in [2.75, 3.05) is 6.54 Å². The van der Waals surface area contributed by atoms with Crippen LogP contribution in [0.15, 0.2) is 59.3 Å². The normalized spacial score (nSPS) is 10.5. The Labute approximate surface area is 132 Å². The third-order valence-electron chi connectivity index (χ3n) is 3.34. The number of nitrogens with one attached hydrogen (secondary N) is 1. The number of benzene rings is 2. The molecule has 0 saturated heterocycles. The number of hydrogen-bond acceptors (Lipinski definition) is 4. The van der Waals surface area contributed by atoms with Gasteiger partial charge in [-0.15, -0.1) is 10.2 Å². The molecule has 0 aliphatic rings. The van der Waals surface area contributed by atoms with Crippen LogP contribution in [0.1, 0.15) is 15.9 Å². The summed E-state index contributed by atoms with van der Waals surface area (Å²) in [7, 11) is 0. The molecular formula is C17H14FN3O2. The van der Waals surface area contributed by atoms with Crippen LogP contribution in [-0.2, 0) is 6.42 Å². The maximum atomic E-state index is 13.1. The molecule has 1 N–H and O–H groups in total. The number of aromatic nitrogens is 2. The van der Waals surface area contributed by atoms with Crippen LogP contribution in [0, 0.1) is 5.82 Å². The molecule has 0 unspecified atom stereocenters. The highest BCUT2D eigenvalue weighted by atomic mass is 19.1. The van der Waals surface area contributed by atoms with E-state index in [1.54, 1.807) is 30.3 Å². The van der Waals surface area contributed by atoms with Gasteiger partial charge in [-0.1, -0.05) is 12.1 Å². The van der Waals surface area contributed by atoms with Crippen molar-refractivity contribution in [2.24, 2.45) is 0 Å². The molecule has 0 fully saturated rings. The van der Waals surface area contributed by atoms with Gasteiger partial charge in [0.15, 0.2) is 0 Å². The van der Waals surface area contributed by atoms with Crippen LogP contribution in [0.25, 0.3) is 11.5 Å². The van der Waals surface area contributed by atoms with Crippen molar-refractivity contribution in [3.8, 4) is 11.5 Å². The number of hydrogen-bond donors (Lipinski definition) is 1. The van der Waals surface area contributed by atoms with E-state index in [4.69, 9.17) is 4.42 Å². The molecule has 2 aromatic carbocycles. The first-order chi connectivity index (χ1) is 11.2. The smallest absolute Gasteiger partial charge is 0.251 e. The molecule has 1 heterocycles. The van der Waals surface area contributed by atoms with Crippen LogP contribution in [-0.4, -0.2) is 22.6 Å². The molecule has 3 aromatic rings. The fourth-order valence-corrected chi connectivity index (χ4v) is 2.18. The molecule has 116 valence electrons. The Balaban J connectivity index is 1.56. The molecule has 0 radical (unpaired) electrons. The third-order valence-corrected chi connectivity index (χ3v) is 3.34. The fourth-order valence-electron chi connectivity index (χ4n) is 2.18. The van der Waals surface area contributed by atoms with E-state index in [0.717, 1.165) is 11.1 Å². The van der Waals surface area contributed by atoms with Gasteiger partial charge in [-0.3, -0.25) is 4.79 Å². The highest BCUT2D eigenvalue weighted by molar-refractivity contribution is 5.94. The summed E-state index contributed by atoms with van der Waals surface area (Å²) in [4.78, 5) is 12.1. The number of carbonyl (C=O) groups excluding carboxylic acids is 1. The highest BCUT2D eigenvalue weighted by Gasteiger charge is 2.07. The molecule has 6 heteroatoms. The van der Waals surface area contributed by atoms with Crippen molar-refractivity contribution in [1.82, 2.24) is 15.5 Å². The second kappa shape index (κ2) is 6.83. The lowest BCUT2D eigenvalue weighted by Gasteiger charge is -2.06. The topological polar surface area (TPSA) is 68.0 Å². The number of rotatable bonds is 5. The first-order valence-electron chi connectivity index (χ1n) is 7.11. The molecule has 0 aliphatic heterocycles. The number of nitrogens with zero attached hydrogens (tertiary/aromatic N) is 2. The zero-order chi connectivity index (χ0) is 16.1. The second-order valence-corrected chi connectivity index (χ2v) is 4.96. The van der Waals surface area contributed by atoms with Crippen LogP contribution in [0.3, 0.4) is 0 Å². The molecule has 0 aliphatic carbocycles. The van der Waals surface area contributed by atoms with Crippen molar-refractivity contribution in [2.45, 2.75) is 6.42 Å². The Hall–Kier alpha value is -3.02. The van der Waals surface area contributed by atoms with Gasteiger partial charge in [-0.05, 0) is 48.4 Å². The Morgan fingerprint density at radius 2 is 2.00 bits per heavy atom. The van der Waals surface area contributed by atoms with Crippen molar-refractivity contribution in [3.63, 3.8) is 0 Å². The first-order valence-corrected chi connectivity index (χ1v) is 7.11. The molecule has 3 rings (SSSR count). The zero-order valence-corrected chi connectivity index (χ0v) is 12.2. The lowest BCUT2D eigenvalue weighted by molar-refractivity contribution is 0.0954. The fraction of sp³-hybridized carbons (Fsp3) is 0.118. The Bertz CT molecular complexity index is 786. The standard InChI is InChI=1S/C17H14FN3O2/c18-15-3-1-2-12(10-15)8-9-19-16(22)13-4-6-14(7-5-13)17-21-20-11-23-17/h1-7,10-11H,8-9H2,(H,19,22). The molecule has 0 atom stereocenters. The van der Waals surface area contributed by atoms with Gasteiger partial charge in [0.1, 0.15) is 5.82 Å². The molecule has 1 aromatic heterocycles. The molecule has 0 bridgehead atoms. The van der Waals surface area contributed by atoms with E-state index in [-0.39, 0.29) is 11.7 Å². The zero-order valence-electron chi connectivity index (χ0n) is 12.2. The summed E-state index contributed by atoms with van der Waals surface area (Å²) in [5, 5.41) is 10.2. The summed E-state index contributed by atoms with van der Waals surface area (Å²) in [5.74, 6) is -0.0491. The first kappa shape index (κ1) is 14.9. The van der Waals surface area contributed by atoms with Gasteiger partial charge >= 0.3 is 0 Å². The van der Waals surface area contributed by atoms with Crippen molar-refractivity contribution in [1.29, 1.82) is 0 Å². The van der Waals surface area contributed by atoms with Crippen molar-refractivity contribution < 1.29 is 13.6 Å². The van der Waals surface area contributed by atoms with E-state index in [0.29, 0.717) is 24.4 Å². The van der Waals surface area contributed by atoms with Gasteiger partial charge in [-0.25, -0.2) is 4.39 Å². The highest BCUT2D eigenvalue weighted by Crippen LogP contribution is 2.16. The summed E-state index contributed by atoms with van der Waals surface area (Å²) < 4.78 is 18.2. The maximum Gasteiger partial charge on any atom is 0.251 e. The number of halogens is 1. The lowest BCUT2D eigenvalue weighted by Crippen LogP contribution is -2.25. The maximum absolute atomic E-state index is 13.1. The van der Waals surface area contributed by atoms with Crippen LogP contribution < -0.4 is 5.32 Å². The van der Waals surface area contributed by atoms with Gasteiger partial charge in [0.2, 0.25) is 12.3 Å². The van der Waals surface area contributed by atoms with Crippen molar-refractivity contribution >= 4 is 5.91 Å². The van der Waals surface area contributed by atoms with E-state index in [1.165, 1.54) is 18.5 Å². The van der Waals surface area contributed by atoms with Gasteiger partial charge in [0, 0.05) is 17.7 Å². The largest absolute Gasteiger partial charge is 0.423 e. The van der Waals surface area contributed by atoms with Crippen LogP contribution in [0.2, 0.25) is 0 Å². The predicted molar refractivity (Wildman–Crippen MR) is 82.2 cm³/mol. The summed E-state index contributed by atoms with van der Waals surface area (Å²) in [6, 6.07) is 13.2. The quantitative estimate of drug-likeness (QED) is 0.786. The van der Waals surface area contributed by atoms with Crippen molar-refractivity contribution in [3.05, 3.63) is 71.9 Å². The predicted octanol–water partition coefficient (Wildman–Crippen LogP) is 2.85. The second-order valence-electron chi connectivity index (χ2n) is 4.96. The van der Waals surface area contributed by atoms with Gasteiger partial charge in [-0.2, -0.15) is 0 Å². The van der Waals surface area contributed by atoms with Gasteiger partial charge in [0.25, 0.3) is 5.91 Å². The van der Waals surface area contributed by atoms with E-state index in [2.05, 4.69) is 15.5 Å². The van der Waals surface area contributed by atoms with Crippen LogP contribution >= 0.6 is 0 Å². The Morgan fingerprint density at radius 1 is 1.17 bits per heavy atom. The van der Waals surface area contributed by atoms with Gasteiger partial charge < -0.3 is 9.73 Å². The van der Waals surface area contributed by atoms with E-state index in [9.17, 15) is 9.18 Å². The summed E-state index contributed by atoms with van der Waals surface area (Å²) in [6.07, 6.45) is 1.83. The SMILES string of the molecule is O=C(NCCc1cccc(F)c1)c1ccc(-c2nnco2)cc1. The Morgan fingerprint density at radius 3 is 2.70 bits per heavy atom. The van der Waals surface area contributed by atoms with Crippen LogP contribution in [0.5, 0.6) is 0 Å². The monoisotopic (exact) mass is 311 g/mol. The summed E-state index contributed by atoms with van der Waals surface area (Å²) in [5.41, 5.74) is 2.13. The average Bonchev–Trinajstić information content (AvgIpc) is 3.09. The number of amides is 1. The summed E-state index contributed by atoms with van der Waals surface area (Å²) >= 11 is 0. The van der Waals surface area contributed by atoms with E-state index >= 15 is 0 Å². The average molecular weight is 311 g/mol. The molecule has 1 amide bonds. The summed E-state index contributed by atoms with van der Waals surface area (Å²) in [6.45, 7) is 0.438. The number of carbonyl (C=O) groups is 1. The molecule has 0 spiro atoms. The molecule has 0 saturated carbocycles.